The molecule has 0 saturated carbocycles. The second-order valence-electron chi connectivity index (χ2n) is 3.49. The summed E-state index contributed by atoms with van der Waals surface area (Å²) in [7, 11) is -3.15. The molecule has 0 fully saturated rings. The summed E-state index contributed by atoms with van der Waals surface area (Å²) in [6.07, 6.45) is 3.19. The average molecular weight is 307 g/mol. The Morgan fingerprint density at radius 1 is 1.31 bits per heavy atom. The van der Waals surface area contributed by atoms with Crippen molar-refractivity contribution >= 4 is 25.8 Å². The topological polar surface area (TPSA) is 43.4 Å². The number of alkyl halides is 1. The van der Waals surface area contributed by atoms with Crippen molar-refractivity contribution in [1.29, 1.82) is 0 Å². The molecule has 1 rings (SSSR count). The van der Waals surface area contributed by atoms with Gasteiger partial charge in [0.1, 0.15) is 5.75 Å². The van der Waals surface area contributed by atoms with Gasteiger partial charge in [-0.3, -0.25) is 0 Å². The van der Waals surface area contributed by atoms with Crippen LogP contribution in [-0.4, -0.2) is 26.6 Å². The van der Waals surface area contributed by atoms with Crippen molar-refractivity contribution in [3.05, 3.63) is 24.3 Å². The monoisotopic (exact) mass is 306 g/mol. The molecule has 1 aromatic rings. The molecular formula is C11H15BrO3S. The maximum Gasteiger partial charge on any atom is 0.175 e. The molecule has 5 heteroatoms. The number of hydrogen-bond acceptors (Lipinski definition) is 3. The van der Waals surface area contributed by atoms with E-state index in [4.69, 9.17) is 4.74 Å². The van der Waals surface area contributed by atoms with Gasteiger partial charge in [-0.1, -0.05) is 22.0 Å². The highest BCUT2D eigenvalue weighted by molar-refractivity contribution is 9.09. The van der Waals surface area contributed by atoms with Crippen molar-refractivity contribution in [2.75, 3.05) is 18.2 Å². The van der Waals surface area contributed by atoms with Crippen LogP contribution in [0.5, 0.6) is 5.75 Å². The molecule has 0 heterocycles. The maximum atomic E-state index is 11.3. The van der Waals surface area contributed by atoms with E-state index in [1.54, 1.807) is 24.3 Å². The molecule has 0 aliphatic rings. The summed E-state index contributed by atoms with van der Waals surface area (Å²) in [5.74, 6) is 0.609. The Kier molecular flexibility index (Phi) is 5.28. The highest BCUT2D eigenvalue weighted by Crippen LogP contribution is 2.17. The summed E-state index contributed by atoms with van der Waals surface area (Å²) in [5.41, 5.74) is 0. The lowest BCUT2D eigenvalue weighted by molar-refractivity contribution is 0.309. The van der Waals surface area contributed by atoms with Gasteiger partial charge >= 0.3 is 0 Å². The fourth-order valence-electron chi connectivity index (χ4n) is 1.18. The van der Waals surface area contributed by atoms with Gasteiger partial charge in [-0.05, 0) is 31.0 Å². The van der Waals surface area contributed by atoms with Crippen LogP contribution < -0.4 is 4.74 Å². The van der Waals surface area contributed by atoms with E-state index >= 15 is 0 Å². The maximum absolute atomic E-state index is 11.3. The number of hydrogen-bond donors (Lipinski definition) is 0. The van der Waals surface area contributed by atoms with Crippen LogP contribution in [-0.2, 0) is 9.84 Å². The van der Waals surface area contributed by atoms with Gasteiger partial charge in [-0.2, -0.15) is 0 Å². The van der Waals surface area contributed by atoms with Crippen LogP contribution in [0, 0.1) is 0 Å². The molecule has 0 bridgehead atoms. The Labute approximate surface area is 105 Å². The van der Waals surface area contributed by atoms with E-state index < -0.39 is 9.84 Å². The van der Waals surface area contributed by atoms with Gasteiger partial charge in [0.05, 0.1) is 11.5 Å². The summed E-state index contributed by atoms with van der Waals surface area (Å²) in [6.45, 7) is 0.610. The molecule has 0 spiro atoms. The van der Waals surface area contributed by atoms with E-state index in [9.17, 15) is 8.42 Å². The summed E-state index contributed by atoms with van der Waals surface area (Å²) in [4.78, 5) is 0.297. The number of benzene rings is 1. The fourth-order valence-corrected chi connectivity index (χ4v) is 2.23. The first-order chi connectivity index (χ1) is 7.54. The Bertz CT molecular complexity index is 429. The molecule has 90 valence electrons. The van der Waals surface area contributed by atoms with Crippen LogP contribution in [0.4, 0.5) is 0 Å². The van der Waals surface area contributed by atoms with Crippen molar-refractivity contribution < 1.29 is 13.2 Å². The lowest BCUT2D eigenvalue weighted by atomic mass is 10.3. The smallest absolute Gasteiger partial charge is 0.175 e. The first kappa shape index (κ1) is 13.5. The number of halogens is 1. The molecule has 0 N–H and O–H groups in total. The molecular weight excluding hydrogens is 292 g/mol. The number of ether oxygens (including phenoxy) is 1. The Hall–Kier alpha value is -0.550. The number of sulfone groups is 1. The summed E-state index contributed by atoms with van der Waals surface area (Å²) in [6, 6.07) is 6.59. The van der Waals surface area contributed by atoms with Gasteiger partial charge < -0.3 is 4.74 Å². The minimum Gasteiger partial charge on any atom is -0.494 e. The number of rotatable bonds is 6. The highest BCUT2D eigenvalue weighted by Gasteiger charge is 2.07. The molecule has 0 unspecified atom stereocenters. The predicted molar refractivity (Wildman–Crippen MR) is 68.1 cm³/mol. The van der Waals surface area contributed by atoms with E-state index in [0.29, 0.717) is 17.3 Å². The molecule has 0 saturated heterocycles. The lowest BCUT2D eigenvalue weighted by Crippen LogP contribution is -2.00. The van der Waals surface area contributed by atoms with Crippen molar-refractivity contribution in [3.8, 4) is 5.75 Å². The van der Waals surface area contributed by atoms with E-state index in [-0.39, 0.29) is 0 Å². The fraction of sp³-hybridized carbons (Fsp3) is 0.455. The molecule has 0 radical (unpaired) electrons. The van der Waals surface area contributed by atoms with E-state index in [1.165, 1.54) is 6.26 Å². The zero-order chi connectivity index (χ0) is 12.0. The van der Waals surface area contributed by atoms with E-state index in [2.05, 4.69) is 15.9 Å². The highest BCUT2D eigenvalue weighted by atomic mass is 79.9. The Morgan fingerprint density at radius 2 is 2.06 bits per heavy atom. The largest absolute Gasteiger partial charge is 0.494 e. The van der Waals surface area contributed by atoms with Gasteiger partial charge in [0.25, 0.3) is 0 Å². The predicted octanol–water partition coefficient (Wildman–Crippen LogP) is 2.64. The zero-order valence-corrected chi connectivity index (χ0v) is 11.6. The first-order valence-electron chi connectivity index (χ1n) is 5.03. The van der Waals surface area contributed by atoms with Gasteiger partial charge in [0, 0.05) is 11.6 Å². The zero-order valence-electron chi connectivity index (χ0n) is 9.15. The summed E-state index contributed by atoms with van der Waals surface area (Å²) < 4.78 is 28.1. The van der Waals surface area contributed by atoms with Crippen LogP contribution in [0.2, 0.25) is 0 Å². The minimum absolute atomic E-state index is 0.297. The molecule has 0 aliphatic carbocycles. The second-order valence-corrected chi connectivity index (χ2v) is 6.30. The number of unbranched alkanes of at least 4 members (excludes halogenated alkanes) is 1. The third-order valence-electron chi connectivity index (χ3n) is 2.03. The van der Waals surface area contributed by atoms with Crippen LogP contribution in [0.15, 0.2) is 29.2 Å². The first-order valence-corrected chi connectivity index (χ1v) is 8.04. The van der Waals surface area contributed by atoms with Crippen molar-refractivity contribution in [2.24, 2.45) is 0 Å². The summed E-state index contributed by atoms with van der Waals surface area (Å²) in [5, 5.41) is 0.958. The molecule has 0 amide bonds. The van der Waals surface area contributed by atoms with E-state index in [0.717, 1.165) is 18.2 Å². The molecule has 16 heavy (non-hydrogen) atoms. The van der Waals surface area contributed by atoms with E-state index in [1.807, 2.05) is 0 Å². The molecule has 0 aromatic heterocycles. The van der Waals surface area contributed by atoms with Crippen LogP contribution in [0.25, 0.3) is 0 Å². The van der Waals surface area contributed by atoms with Crippen LogP contribution in [0.1, 0.15) is 12.8 Å². The Morgan fingerprint density at radius 3 is 2.69 bits per heavy atom. The van der Waals surface area contributed by atoms with Gasteiger partial charge in [0.15, 0.2) is 9.84 Å². The minimum atomic E-state index is -3.15. The third kappa shape index (κ3) is 4.53. The lowest BCUT2D eigenvalue weighted by Gasteiger charge is -2.06. The molecule has 3 nitrogen and oxygen atoms in total. The third-order valence-corrected chi connectivity index (χ3v) is 3.70. The second kappa shape index (κ2) is 6.25. The van der Waals surface area contributed by atoms with Gasteiger partial charge in [0.2, 0.25) is 0 Å². The molecule has 1 aromatic carbocycles. The average Bonchev–Trinajstić information content (AvgIpc) is 2.24. The Balaban J connectivity index is 2.62. The molecule has 0 atom stereocenters. The quantitative estimate of drug-likeness (QED) is 0.599. The molecule has 0 aliphatic heterocycles. The van der Waals surface area contributed by atoms with Crippen molar-refractivity contribution in [1.82, 2.24) is 0 Å². The van der Waals surface area contributed by atoms with Crippen molar-refractivity contribution in [2.45, 2.75) is 17.7 Å². The van der Waals surface area contributed by atoms with Gasteiger partial charge in [-0.25, -0.2) is 8.42 Å². The van der Waals surface area contributed by atoms with Crippen molar-refractivity contribution in [3.63, 3.8) is 0 Å². The standard InChI is InChI=1S/C11H15BrO3S/c1-16(13,14)11-6-4-5-10(9-11)15-8-3-2-7-12/h4-6,9H,2-3,7-8H2,1H3. The SMILES string of the molecule is CS(=O)(=O)c1cccc(OCCCCBr)c1. The van der Waals surface area contributed by atoms with Crippen LogP contribution in [0.3, 0.4) is 0 Å². The normalized spacial score (nSPS) is 11.4. The van der Waals surface area contributed by atoms with Gasteiger partial charge in [-0.15, -0.1) is 0 Å². The summed E-state index contributed by atoms with van der Waals surface area (Å²) >= 11 is 3.34. The van der Waals surface area contributed by atoms with Crippen LogP contribution >= 0.6 is 15.9 Å².